The SMILES string of the molecule is COC1CCC(NCc2ccc(I)o2)C1. The summed E-state index contributed by atoms with van der Waals surface area (Å²) < 4.78 is 11.8. The number of hydrogen-bond acceptors (Lipinski definition) is 3. The van der Waals surface area contributed by atoms with Crippen molar-refractivity contribution in [3.63, 3.8) is 0 Å². The van der Waals surface area contributed by atoms with Crippen LogP contribution in [0.25, 0.3) is 0 Å². The fourth-order valence-corrected chi connectivity index (χ4v) is 2.49. The lowest BCUT2D eigenvalue weighted by molar-refractivity contribution is 0.107. The molecule has 0 aromatic carbocycles. The average molecular weight is 321 g/mol. The van der Waals surface area contributed by atoms with Gasteiger partial charge in [0.1, 0.15) is 5.76 Å². The van der Waals surface area contributed by atoms with E-state index in [0.717, 1.165) is 22.5 Å². The first-order valence-electron chi connectivity index (χ1n) is 5.28. The van der Waals surface area contributed by atoms with Crippen LogP contribution in [-0.4, -0.2) is 19.3 Å². The van der Waals surface area contributed by atoms with Crippen LogP contribution < -0.4 is 5.32 Å². The van der Waals surface area contributed by atoms with E-state index in [1.54, 1.807) is 7.11 Å². The maximum atomic E-state index is 5.49. The summed E-state index contributed by atoms with van der Waals surface area (Å²) in [7, 11) is 1.79. The van der Waals surface area contributed by atoms with E-state index in [-0.39, 0.29) is 0 Å². The summed E-state index contributed by atoms with van der Waals surface area (Å²) in [6.45, 7) is 0.824. The molecule has 1 heterocycles. The van der Waals surface area contributed by atoms with Gasteiger partial charge in [-0.15, -0.1) is 0 Å². The van der Waals surface area contributed by atoms with Gasteiger partial charge in [-0.25, -0.2) is 0 Å². The first kappa shape index (κ1) is 11.4. The summed E-state index contributed by atoms with van der Waals surface area (Å²) in [5, 5.41) is 3.50. The van der Waals surface area contributed by atoms with Crippen LogP contribution in [0.2, 0.25) is 0 Å². The molecule has 0 bridgehead atoms. The molecule has 1 aromatic heterocycles. The molecule has 15 heavy (non-hydrogen) atoms. The van der Waals surface area contributed by atoms with Gasteiger partial charge in [0.15, 0.2) is 3.77 Å². The quantitative estimate of drug-likeness (QED) is 0.866. The second-order valence-electron chi connectivity index (χ2n) is 3.95. The fourth-order valence-electron chi connectivity index (χ4n) is 2.03. The van der Waals surface area contributed by atoms with Gasteiger partial charge < -0.3 is 14.5 Å². The van der Waals surface area contributed by atoms with E-state index < -0.39 is 0 Å². The van der Waals surface area contributed by atoms with E-state index in [2.05, 4.69) is 27.9 Å². The summed E-state index contributed by atoms with van der Waals surface area (Å²) >= 11 is 2.18. The Morgan fingerprint density at radius 1 is 1.53 bits per heavy atom. The van der Waals surface area contributed by atoms with E-state index >= 15 is 0 Å². The molecule has 4 heteroatoms. The molecule has 0 spiro atoms. The van der Waals surface area contributed by atoms with Crippen molar-refractivity contribution >= 4 is 22.6 Å². The lowest BCUT2D eigenvalue weighted by Crippen LogP contribution is -2.26. The van der Waals surface area contributed by atoms with Gasteiger partial charge in [0.25, 0.3) is 0 Å². The number of furan rings is 1. The van der Waals surface area contributed by atoms with Crippen molar-refractivity contribution in [2.75, 3.05) is 7.11 Å². The van der Waals surface area contributed by atoms with Crippen molar-refractivity contribution in [2.24, 2.45) is 0 Å². The zero-order valence-electron chi connectivity index (χ0n) is 8.83. The van der Waals surface area contributed by atoms with Crippen molar-refractivity contribution in [1.29, 1.82) is 0 Å². The highest BCUT2D eigenvalue weighted by Crippen LogP contribution is 2.21. The molecule has 1 aliphatic carbocycles. The van der Waals surface area contributed by atoms with Crippen LogP contribution >= 0.6 is 22.6 Å². The molecule has 1 fully saturated rings. The molecule has 84 valence electrons. The van der Waals surface area contributed by atoms with Crippen molar-refractivity contribution in [3.8, 4) is 0 Å². The molecule has 0 aliphatic heterocycles. The Hall–Kier alpha value is -0.0700. The number of methoxy groups -OCH3 is 1. The number of rotatable bonds is 4. The minimum absolute atomic E-state index is 0.444. The highest BCUT2D eigenvalue weighted by molar-refractivity contribution is 14.1. The summed E-state index contributed by atoms with van der Waals surface area (Å²) in [5.41, 5.74) is 0. The maximum absolute atomic E-state index is 5.49. The van der Waals surface area contributed by atoms with Crippen LogP contribution in [0.4, 0.5) is 0 Å². The van der Waals surface area contributed by atoms with Crippen molar-refractivity contribution in [2.45, 2.75) is 38.0 Å². The van der Waals surface area contributed by atoms with E-state index in [9.17, 15) is 0 Å². The molecule has 3 nitrogen and oxygen atoms in total. The fraction of sp³-hybridized carbons (Fsp3) is 0.636. The van der Waals surface area contributed by atoms with Gasteiger partial charge in [-0.1, -0.05) is 0 Å². The van der Waals surface area contributed by atoms with Crippen LogP contribution in [0, 0.1) is 3.77 Å². The lowest BCUT2D eigenvalue weighted by Gasteiger charge is -2.11. The highest BCUT2D eigenvalue weighted by atomic mass is 127. The topological polar surface area (TPSA) is 34.4 Å². The first-order valence-corrected chi connectivity index (χ1v) is 6.36. The summed E-state index contributed by atoms with van der Waals surface area (Å²) in [4.78, 5) is 0. The van der Waals surface area contributed by atoms with Crippen molar-refractivity contribution in [1.82, 2.24) is 5.32 Å². The smallest absolute Gasteiger partial charge is 0.164 e. The Morgan fingerprint density at radius 3 is 3.00 bits per heavy atom. The molecule has 1 aliphatic rings. The molecule has 2 atom stereocenters. The van der Waals surface area contributed by atoms with E-state index in [1.165, 1.54) is 12.8 Å². The molecular formula is C11H16INO2. The number of nitrogens with one attached hydrogen (secondary N) is 1. The van der Waals surface area contributed by atoms with Crippen LogP contribution in [0.15, 0.2) is 16.5 Å². The Labute approximate surface area is 104 Å². The molecule has 2 unspecified atom stereocenters. The molecule has 2 rings (SSSR count). The first-order chi connectivity index (χ1) is 7.28. The van der Waals surface area contributed by atoms with E-state index in [0.29, 0.717) is 12.1 Å². The van der Waals surface area contributed by atoms with Crippen LogP contribution in [0.5, 0.6) is 0 Å². The van der Waals surface area contributed by atoms with Gasteiger partial charge in [-0.3, -0.25) is 0 Å². The van der Waals surface area contributed by atoms with Gasteiger partial charge in [-0.05, 0) is 54.0 Å². The summed E-state index contributed by atoms with van der Waals surface area (Å²) in [6.07, 6.45) is 3.94. The third kappa shape index (κ3) is 3.19. The van der Waals surface area contributed by atoms with E-state index in [4.69, 9.17) is 9.15 Å². The normalized spacial score (nSPS) is 26.0. The molecule has 0 amide bonds. The summed E-state index contributed by atoms with van der Waals surface area (Å²) in [5.74, 6) is 1.01. The predicted molar refractivity (Wildman–Crippen MR) is 66.7 cm³/mol. The third-order valence-corrected chi connectivity index (χ3v) is 3.49. The maximum Gasteiger partial charge on any atom is 0.164 e. The minimum atomic E-state index is 0.444. The zero-order valence-corrected chi connectivity index (χ0v) is 11.0. The Balaban J connectivity index is 1.75. The molecular weight excluding hydrogens is 305 g/mol. The highest BCUT2D eigenvalue weighted by Gasteiger charge is 2.23. The number of halogens is 1. The van der Waals surface area contributed by atoms with Crippen LogP contribution in [0.1, 0.15) is 25.0 Å². The Kier molecular flexibility index (Phi) is 4.05. The standard InChI is InChI=1S/C11H16INO2/c1-14-9-3-2-8(6-9)13-7-10-4-5-11(12)15-10/h4-5,8-9,13H,2-3,6-7H2,1H3. The molecule has 1 N–H and O–H groups in total. The van der Waals surface area contributed by atoms with Crippen molar-refractivity contribution < 1.29 is 9.15 Å². The molecule has 0 radical (unpaired) electrons. The average Bonchev–Trinajstić information content (AvgIpc) is 2.83. The van der Waals surface area contributed by atoms with Crippen LogP contribution in [0.3, 0.4) is 0 Å². The molecule has 1 aromatic rings. The third-order valence-electron chi connectivity index (χ3n) is 2.91. The second kappa shape index (κ2) is 5.32. The van der Waals surface area contributed by atoms with Crippen LogP contribution in [-0.2, 0) is 11.3 Å². The molecule has 0 saturated heterocycles. The monoisotopic (exact) mass is 321 g/mol. The lowest BCUT2D eigenvalue weighted by atomic mass is 10.2. The van der Waals surface area contributed by atoms with Gasteiger partial charge in [0, 0.05) is 13.2 Å². The Morgan fingerprint density at radius 2 is 2.40 bits per heavy atom. The summed E-state index contributed by atoms with van der Waals surface area (Å²) in [6, 6.07) is 4.60. The largest absolute Gasteiger partial charge is 0.454 e. The van der Waals surface area contributed by atoms with Crippen molar-refractivity contribution in [3.05, 3.63) is 21.7 Å². The minimum Gasteiger partial charge on any atom is -0.454 e. The Bertz CT molecular complexity index is 313. The number of hydrogen-bond donors (Lipinski definition) is 1. The number of ether oxygens (including phenoxy) is 1. The van der Waals surface area contributed by atoms with Gasteiger partial charge in [-0.2, -0.15) is 0 Å². The predicted octanol–water partition coefficient (Wildman–Crippen LogP) is 2.54. The van der Waals surface area contributed by atoms with Gasteiger partial charge in [0.2, 0.25) is 0 Å². The van der Waals surface area contributed by atoms with Gasteiger partial charge in [0.05, 0.1) is 12.6 Å². The molecule has 1 saturated carbocycles. The zero-order chi connectivity index (χ0) is 10.7. The van der Waals surface area contributed by atoms with E-state index in [1.807, 2.05) is 12.1 Å². The van der Waals surface area contributed by atoms with Gasteiger partial charge >= 0.3 is 0 Å². The second-order valence-corrected chi connectivity index (χ2v) is 5.02.